The van der Waals surface area contributed by atoms with Gasteiger partial charge in [0.05, 0.1) is 0 Å². The number of hydrogen-bond donors (Lipinski definition) is 1. The highest BCUT2D eigenvalue weighted by molar-refractivity contribution is 6.30. The lowest BCUT2D eigenvalue weighted by molar-refractivity contribution is 0.288. The fourth-order valence-electron chi connectivity index (χ4n) is 1.92. The van der Waals surface area contributed by atoms with Crippen molar-refractivity contribution in [3.05, 3.63) is 59.1 Å². The maximum absolute atomic E-state index is 8.91. The van der Waals surface area contributed by atoms with Crippen LogP contribution in [0.3, 0.4) is 0 Å². The zero-order valence-electron chi connectivity index (χ0n) is 9.57. The van der Waals surface area contributed by atoms with Gasteiger partial charge in [-0.05, 0) is 41.7 Å². The Morgan fingerprint density at radius 3 is 2.35 bits per heavy atom. The van der Waals surface area contributed by atoms with Gasteiger partial charge >= 0.3 is 0 Å². The van der Waals surface area contributed by atoms with E-state index >= 15 is 0 Å². The highest BCUT2D eigenvalue weighted by Gasteiger charge is 2.03. The highest BCUT2D eigenvalue weighted by atomic mass is 35.5. The highest BCUT2D eigenvalue weighted by Crippen LogP contribution is 2.25. The second-order valence-corrected chi connectivity index (χ2v) is 4.43. The second kappa shape index (κ2) is 5.85. The molecule has 1 N–H and O–H groups in total. The van der Waals surface area contributed by atoms with Crippen molar-refractivity contribution in [2.75, 3.05) is 6.61 Å². The van der Waals surface area contributed by atoms with Gasteiger partial charge in [-0.2, -0.15) is 0 Å². The molecule has 17 heavy (non-hydrogen) atoms. The van der Waals surface area contributed by atoms with Crippen LogP contribution in [0.2, 0.25) is 5.02 Å². The van der Waals surface area contributed by atoms with Gasteiger partial charge in [-0.15, -0.1) is 0 Å². The summed E-state index contributed by atoms with van der Waals surface area (Å²) in [5.41, 5.74) is 3.66. The molecule has 0 radical (unpaired) electrons. The van der Waals surface area contributed by atoms with Crippen molar-refractivity contribution in [1.29, 1.82) is 0 Å². The fraction of sp³-hybridized carbons (Fsp3) is 0.200. The van der Waals surface area contributed by atoms with Crippen LogP contribution in [0.1, 0.15) is 12.0 Å². The zero-order chi connectivity index (χ0) is 12.1. The maximum atomic E-state index is 8.91. The minimum absolute atomic E-state index is 0.231. The molecule has 0 saturated heterocycles. The van der Waals surface area contributed by atoms with Crippen molar-refractivity contribution >= 4 is 11.6 Å². The first kappa shape index (κ1) is 12.2. The van der Waals surface area contributed by atoms with E-state index in [1.54, 1.807) is 0 Å². The Bertz CT molecular complexity index is 477. The molecule has 0 atom stereocenters. The number of aryl methyl sites for hydroxylation is 1. The fourth-order valence-corrected chi connectivity index (χ4v) is 2.04. The van der Waals surface area contributed by atoms with Crippen LogP contribution >= 0.6 is 11.6 Å². The zero-order valence-corrected chi connectivity index (χ0v) is 10.3. The third kappa shape index (κ3) is 3.09. The Kier molecular flexibility index (Phi) is 4.18. The molecule has 0 saturated carbocycles. The van der Waals surface area contributed by atoms with Crippen molar-refractivity contribution in [1.82, 2.24) is 0 Å². The lowest BCUT2D eigenvalue weighted by Crippen LogP contribution is -1.92. The number of hydrogen-bond acceptors (Lipinski definition) is 1. The SMILES string of the molecule is OCCCc1ccccc1-c1ccc(Cl)cc1. The maximum Gasteiger partial charge on any atom is 0.0434 e. The summed E-state index contributed by atoms with van der Waals surface area (Å²) in [5.74, 6) is 0. The minimum atomic E-state index is 0.231. The van der Waals surface area contributed by atoms with Crippen molar-refractivity contribution < 1.29 is 5.11 Å². The van der Waals surface area contributed by atoms with Gasteiger partial charge in [-0.3, -0.25) is 0 Å². The van der Waals surface area contributed by atoms with Gasteiger partial charge in [-0.1, -0.05) is 48.0 Å². The molecule has 88 valence electrons. The first-order valence-electron chi connectivity index (χ1n) is 5.76. The molecule has 2 rings (SSSR count). The van der Waals surface area contributed by atoms with E-state index in [9.17, 15) is 0 Å². The Morgan fingerprint density at radius 2 is 1.65 bits per heavy atom. The molecular formula is C15H15ClO. The van der Waals surface area contributed by atoms with Crippen molar-refractivity contribution in [2.24, 2.45) is 0 Å². The van der Waals surface area contributed by atoms with E-state index in [4.69, 9.17) is 16.7 Å². The quantitative estimate of drug-likeness (QED) is 0.867. The van der Waals surface area contributed by atoms with Gasteiger partial charge < -0.3 is 5.11 Å². The van der Waals surface area contributed by atoms with E-state index in [1.165, 1.54) is 16.7 Å². The molecule has 2 aromatic rings. The van der Waals surface area contributed by atoms with Crippen LogP contribution in [0.25, 0.3) is 11.1 Å². The Labute approximate surface area is 107 Å². The van der Waals surface area contributed by atoms with Crippen molar-refractivity contribution in [3.8, 4) is 11.1 Å². The van der Waals surface area contributed by atoms with Gasteiger partial charge in [0, 0.05) is 11.6 Å². The smallest absolute Gasteiger partial charge is 0.0434 e. The molecule has 0 fully saturated rings. The molecule has 2 heteroatoms. The van der Waals surface area contributed by atoms with Crippen LogP contribution in [0, 0.1) is 0 Å². The lowest BCUT2D eigenvalue weighted by Gasteiger charge is -2.09. The molecule has 0 aliphatic heterocycles. The largest absolute Gasteiger partial charge is 0.396 e. The number of rotatable bonds is 4. The molecule has 0 spiro atoms. The van der Waals surface area contributed by atoms with Crippen LogP contribution in [-0.2, 0) is 6.42 Å². The lowest BCUT2D eigenvalue weighted by atomic mass is 9.97. The average Bonchev–Trinajstić information content (AvgIpc) is 2.38. The van der Waals surface area contributed by atoms with E-state index in [1.807, 2.05) is 36.4 Å². The number of halogens is 1. The van der Waals surface area contributed by atoms with Crippen LogP contribution < -0.4 is 0 Å². The Hall–Kier alpha value is -1.31. The van der Waals surface area contributed by atoms with Crippen molar-refractivity contribution in [3.63, 3.8) is 0 Å². The summed E-state index contributed by atoms with van der Waals surface area (Å²) in [6, 6.07) is 16.1. The van der Waals surface area contributed by atoms with Crippen molar-refractivity contribution in [2.45, 2.75) is 12.8 Å². The molecule has 0 aliphatic rings. The molecule has 1 nitrogen and oxygen atoms in total. The van der Waals surface area contributed by atoms with E-state index in [2.05, 4.69) is 12.1 Å². The number of benzene rings is 2. The van der Waals surface area contributed by atoms with Gasteiger partial charge in [0.25, 0.3) is 0 Å². The molecule has 0 unspecified atom stereocenters. The summed E-state index contributed by atoms with van der Waals surface area (Å²) in [6.07, 6.45) is 1.69. The first-order chi connectivity index (χ1) is 8.31. The summed E-state index contributed by atoms with van der Waals surface area (Å²) in [4.78, 5) is 0. The Morgan fingerprint density at radius 1 is 0.941 bits per heavy atom. The third-order valence-corrected chi connectivity index (χ3v) is 3.03. The summed E-state index contributed by atoms with van der Waals surface area (Å²) in [6.45, 7) is 0.231. The summed E-state index contributed by atoms with van der Waals surface area (Å²) in [5, 5.41) is 9.66. The predicted octanol–water partition coefficient (Wildman–Crippen LogP) is 3.93. The van der Waals surface area contributed by atoms with Crippen LogP contribution in [0.5, 0.6) is 0 Å². The Balaban J connectivity index is 2.33. The molecule has 0 amide bonds. The van der Waals surface area contributed by atoms with E-state index in [0.717, 1.165) is 17.9 Å². The predicted molar refractivity (Wildman–Crippen MR) is 72.3 cm³/mol. The topological polar surface area (TPSA) is 20.2 Å². The molecule has 0 aliphatic carbocycles. The third-order valence-electron chi connectivity index (χ3n) is 2.78. The number of aliphatic hydroxyl groups excluding tert-OH is 1. The molecule has 0 heterocycles. The average molecular weight is 247 g/mol. The molecular weight excluding hydrogens is 232 g/mol. The standard InChI is InChI=1S/C15H15ClO/c16-14-9-7-13(8-10-14)15-6-2-1-4-12(15)5-3-11-17/h1-2,4,6-10,17H,3,5,11H2. The molecule has 2 aromatic carbocycles. The molecule has 0 aromatic heterocycles. The summed E-state index contributed by atoms with van der Waals surface area (Å²) >= 11 is 5.89. The first-order valence-corrected chi connectivity index (χ1v) is 6.14. The van der Waals surface area contributed by atoms with Gasteiger partial charge in [-0.25, -0.2) is 0 Å². The summed E-state index contributed by atoms with van der Waals surface area (Å²) in [7, 11) is 0. The normalized spacial score (nSPS) is 10.5. The van der Waals surface area contributed by atoms with Crippen LogP contribution in [0.15, 0.2) is 48.5 Å². The monoisotopic (exact) mass is 246 g/mol. The summed E-state index contributed by atoms with van der Waals surface area (Å²) < 4.78 is 0. The van der Waals surface area contributed by atoms with Gasteiger partial charge in [0.15, 0.2) is 0 Å². The van der Waals surface area contributed by atoms with E-state index < -0.39 is 0 Å². The van der Waals surface area contributed by atoms with E-state index in [-0.39, 0.29) is 6.61 Å². The van der Waals surface area contributed by atoms with Gasteiger partial charge in [0.2, 0.25) is 0 Å². The minimum Gasteiger partial charge on any atom is -0.396 e. The van der Waals surface area contributed by atoms with Crippen LogP contribution in [-0.4, -0.2) is 11.7 Å². The number of aliphatic hydroxyl groups is 1. The van der Waals surface area contributed by atoms with E-state index in [0.29, 0.717) is 0 Å². The second-order valence-electron chi connectivity index (χ2n) is 3.99. The van der Waals surface area contributed by atoms with Gasteiger partial charge in [0.1, 0.15) is 0 Å². The molecule has 0 bridgehead atoms. The van der Waals surface area contributed by atoms with Crippen LogP contribution in [0.4, 0.5) is 0 Å².